The molecular weight excluding hydrogens is 300 g/mol. The molecule has 1 rings (SSSR count). The fourth-order valence-corrected chi connectivity index (χ4v) is 2.54. The Kier molecular flexibility index (Phi) is 13.7. The topological polar surface area (TPSA) is 0 Å². The minimum absolute atomic E-state index is 0.604. The Morgan fingerprint density at radius 3 is 2.12 bits per heavy atom. The lowest BCUT2D eigenvalue weighted by molar-refractivity contribution is 0.741. The molecule has 1 aliphatic carbocycles. The Balaban J connectivity index is 1.98. The first kappa shape index (κ1) is 21.5. The van der Waals surface area contributed by atoms with Crippen LogP contribution in [-0.4, -0.2) is 0 Å². The predicted molar refractivity (Wildman–Crippen MR) is 115 cm³/mol. The second-order valence-corrected chi connectivity index (χ2v) is 7.05. The molecule has 0 N–H and O–H groups in total. The van der Waals surface area contributed by atoms with Crippen LogP contribution < -0.4 is 0 Å². The summed E-state index contributed by atoms with van der Waals surface area (Å²) in [5, 5.41) is 0. The van der Waals surface area contributed by atoms with Crippen LogP contribution in [0.4, 0.5) is 0 Å². The van der Waals surface area contributed by atoms with Crippen molar-refractivity contribution in [1.82, 2.24) is 0 Å². The average Bonchev–Trinajstić information content (AvgIpc) is 3.43. The van der Waals surface area contributed by atoms with E-state index in [1.54, 1.807) is 0 Å². The van der Waals surface area contributed by atoms with E-state index in [2.05, 4.69) is 86.8 Å². The van der Waals surface area contributed by atoms with Gasteiger partial charge in [-0.2, -0.15) is 0 Å². The molecular formula is C25H38. The molecule has 0 aromatic rings. The third-order valence-corrected chi connectivity index (χ3v) is 4.35. The Hall–Kier alpha value is -1.56. The summed E-state index contributed by atoms with van der Waals surface area (Å²) in [4.78, 5) is 0. The van der Waals surface area contributed by atoms with E-state index < -0.39 is 0 Å². The maximum absolute atomic E-state index is 2.34. The highest BCUT2D eigenvalue weighted by molar-refractivity contribution is 5.07. The summed E-state index contributed by atoms with van der Waals surface area (Å²) >= 11 is 0. The van der Waals surface area contributed by atoms with Crippen molar-refractivity contribution in [2.24, 2.45) is 11.8 Å². The first-order valence-electron chi connectivity index (χ1n) is 10.3. The Bertz CT molecular complexity index is 466. The lowest BCUT2D eigenvalue weighted by Gasteiger charge is -1.99. The molecule has 0 aliphatic heterocycles. The number of hydrogen-bond acceptors (Lipinski definition) is 0. The van der Waals surface area contributed by atoms with Crippen molar-refractivity contribution in [3.8, 4) is 0 Å². The third-order valence-electron chi connectivity index (χ3n) is 4.35. The average molecular weight is 339 g/mol. The maximum Gasteiger partial charge on any atom is -0.0166 e. The number of allylic oxidation sites excluding steroid dienone is 12. The van der Waals surface area contributed by atoms with Gasteiger partial charge in [0.1, 0.15) is 0 Å². The largest absolute Gasteiger partial charge is 0.0885 e. The third kappa shape index (κ3) is 15.7. The molecule has 0 bridgehead atoms. The van der Waals surface area contributed by atoms with Crippen LogP contribution in [0, 0.1) is 11.8 Å². The van der Waals surface area contributed by atoms with E-state index in [9.17, 15) is 0 Å². The molecule has 0 saturated heterocycles. The molecule has 0 aromatic carbocycles. The summed E-state index contributed by atoms with van der Waals surface area (Å²) in [5.41, 5.74) is 0. The van der Waals surface area contributed by atoms with Gasteiger partial charge < -0.3 is 0 Å². The van der Waals surface area contributed by atoms with Gasteiger partial charge in [0.2, 0.25) is 0 Å². The first-order valence-corrected chi connectivity index (χ1v) is 10.3. The zero-order chi connectivity index (χ0) is 18.0. The van der Waals surface area contributed by atoms with Crippen LogP contribution in [-0.2, 0) is 0 Å². The van der Waals surface area contributed by atoms with Gasteiger partial charge in [0, 0.05) is 0 Å². The minimum Gasteiger partial charge on any atom is -0.0885 e. The lowest BCUT2D eigenvalue weighted by atomic mass is 10.1. The molecule has 0 spiro atoms. The van der Waals surface area contributed by atoms with Crippen LogP contribution in [0.15, 0.2) is 72.9 Å². The smallest absolute Gasteiger partial charge is 0.0166 e. The van der Waals surface area contributed by atoms with E-state index in [0.29, 0.717) is 5.92 Å². The number of hydrogen-bond donors (Lipinski definition) is 0. The van der Waals surface area contributed by atoms with Crippen molar-refractivity contribution >= 4 is 0 Å². The summed E-state index contributed by atoms with van der Waals surface area (Å²) in [7, 11) is 0. The highest BCUT2D eigenvalue weighted by Crippen LogP contribution is 2.33. The summed E-state index contributed by atoms with van der Waals surface area (Å²) in [6.07, 6.45) is 38.1. The summed E-state index contributed by atoms with van der Waals surface area (Å²) < 4.78 is 0. The molecule has 0 amide bonds. The van der Waals surface area contributed by atoms with Gasteiger partial charge in [0.25, 0.3) is 0 Å². The van der Waals surface area contributed by atoms with Gasteiger partial charge in [-0.15, -0.1) is 0 Å². The molecule has 0 heterocycles. The molecule has 1 aliphatic rings. The van der Waals surface area contributed by atoms with E-state index in [4.69, 9.17) is 0 Å². The zero-order valence-corrected chi connectivity index (χ0v) is 16.4. The summed E-state index contributed by atoms with van der Waals surface area (Å²) in [5.74, 6) is 1.66. The highest BCUT2D eigenvalue weighted by atomic mass is 14.2. The second kappa shape index (κ2) is 15.9. The van der Waals surface area contributed by atoms with Gasteiger partial charge in [-0.25, -0.2) is 0 Å². The van der Waals surface area contributed by atoms with Crippen molar-refractivity contribution in [3.63, 3.8) is 0 Å². The number of rotatable bonds is 14. The van der Waals surface area contributed by atoms with Gasteiger partial charge in [-0.1, -0.05) is 99.6 Å². The Morgan fingerprint density at radius 1 is 0.760 bits per heavy atom. The first-order chi connectivity index (χ1) is 12.3. The zero-order valence-electron chi connectivity index (χ0n) is 16.4. The Morgan fingerprint density at radius 2 is 1.40 bits per heavy atom. The molecule has 0 nitrogen and oxygen atoms in total. The Labute approximate surface area is 156 Å². The van der Waals surface area contributed by atoms with Crippen molar-refractivity contribution in [1.29, 1.82) is 0 Å². The van der Waals surface area contributed by atoms with E-state index in [-0.39, 0.29) is 0 Å². The van der Waals surface area contributed by atoms with Gasteiger partial charge in [0.15, 0.2) is 0 Å². The molecule has 0 radical (unpaired) electrons. The molecule has 1 unspecified atom stereocenters. The van der Waals surface area contributed by atoms with E-state index in [0.717, 1.165) is 38.0 Å². The van der Waals surface area contributed by atoms with E-state index >= 15 is 0 Å². The van der Waals surface area contributed by atoms with Crippen LogP contribution in [0.2, 0.25) is 0 Å². The van der Waals surface area contributed by atoms with E-state index in [1.807, 2.05) is 0 Å². The predicted octanol–water partition coefficient (Wildman–Crippen LogP) is 8.12. The SMILES string of the molecule is CCC=CCC=CCC(C)C=CC=CCC=CCC=CCCC1CC1. The van der Waals surface area contributed by atoms with Crippen LogP contribution in [0.5, 0.6) is 0 Å². The fourth-order valence-electron chi connectivity index (χ4n) is 2.54. The van der Waals surface area contributed by atoms with E-state index in [1.165, 1.54) is 25.7 Å². The molecule has 1 atom stereocenters. The van der Waals surface area contributed by atoms with Crippen molar-refractivity contribution < 1.29 is 0 Å². The van der Waals surface area contributed by atoms with Gasteiger partial charge >= 0.3 is 0 Å². The summed E-state index contributed by atoms with van der Waals surface area (Å²) in [6, 6.07) is 0. The van der Waals surface area contributed by atoms with Gasteiger partial charge in [-0.05, 0) is 56.8 Å². The van der Waals surface area contributed by atoms with Gasteiger partial charge in [0.05, 0.1) is 0 Å². The van der Waals surface area contributed by atoms with Crippen molar-refractivity contribution in [3.05, 3.63) is 72.9 Å². The van der Waals surface area contributed by atoms with Crippen LogP contribution >= 0.6 is 0 Å². The molecule has 1 fully saturated rings. The normalized spacial score (nSPS) is 17.5. The standard InChI is InChI=1S/C25H38/c1-3-4-5-6-13-16-19-24(2)20-17-14-11-9-7-8-10-12-15-18-21-25-22-23-25/h4-5,7-8,11-17,20,24-25H,3,6,9-10,18-19,21-23H2,1-2H3. The van der Waals surface area contributed by atoms with Crippen LogP contribution in [0.25, 0.3) is 0 Å². The molecule has 1 saturated carbocycles. The minimum atomic E-state index is 0.604. The maximum atomic E-state index is 2.34. The fraction of sp³-hybridized carbons (Fsp3) is 0.520. The molecule has 0 heteroatoms. The van der Waals surface area contributed by atoms with Crippen LogP contribution in [0.3, 0.4) is 0 Å². The molecule has 138 valence electrons. The monoisotopic (exact) mass is 338 g/mol. The molecule has 0 aromatic heterocycles. The van der Waals surface area contributed by atoms with Crippen molar-refractivity contribution in [2.75, 3.05) is 0 Å². The lowest BCUT2D eigenvalue weighted by Crippen LogP contribution is -1.84. The van der Waals surface area contributed by atoms with Crippen molar-refractivity contribution in [2.45, 2.75) is 71.6 Å². The quantitative estimate of drug-likeness (QED) is 0.221. The van der Waals surface area contributed by atoms with Gasteiger partial charge in [-0.3, -0.25) is 0 Å². The summed E-state index contributed by atoms with van der Waals surface area (Å²) in [6.45, 7) is 4.44. The molecule has 25 heavy (non-hydrogen) atoms. The van der Waals surface area contributed by atoms with Crippen LogP contribution in [0.1, 0.15) is 71.6 Å². The highest BCUT2D eigenvalue weighted by Gasteiger charge is 2.19. The second-order valence-electron chi connectivity index (χ2n) is 7.05.